The number of nitrogens with zero attached hydrogens (tertiary/aromatic N) is 2. The van der Waals surface area contributed by atoms with Gasteiger partial charge in [0.2, 0.25) is 0 Å². The molecule has 3 aromatic carbocycles. The highest BCUT2D eigenvalue weighted by atomic mass is 32.2. The fraction of sp³-hybridized carbons (Fsp3) is 0. The Kier molecular flexibility index (Phi) is 4.65. The first-order valence-electron chi connectivity index (χ1n) is 9.49. The molecule has 1 aliphatic heterocycles. The van der Waals surface area contributed by atoms with Gasteiger partial charge in [0, 0.05) is 15.4 Å². The number of benzene rings is 3. The number of hydrogen-bond donors (Lipinski definition) is 0. The minimum absolute atomic E-state index is 0.331. The topological polar surface area (TPSA) is 50.3 Å². The van der Waals surface area contributed by atoms with E-state index in [4.69, 9.17) is 4.98 Å². The molecule has 0 saturated carbocycles. The van der Waals surface area contributed by atoms with Crippen LogP contribution in [0.2, 0.25) is 0 Å². The summed E-state index contributed by atoms with van der Waals surface area (Å²) < 4.78 is 0. The highest BCUT2D eigenvalue weighted by molar-refractivity contribution is 7.99. The fourth-order valence-electron chi connectivity index (χ4n) is 3.46. The van der Waals surface area contributed by atoms with Gasteiger partial charge in [-0.05, 0) is 36.4 Å². The quantitative estimate of drug-likeness (QED) is 0.407. The third-order valence-corrected chi connectivity index (χ3v) is 5.94. The molecule has 0 fully saturated rings. The normalized spacial score (nSPS) is 12.9. The molecule has 0 aliphatic carbocycles. The number of rotatable bonds is 4. The Morgan fingerprint density at radius 3 is 1.83 bits per heavy atom. The molecule has 5 heteroatoms. The second-order valence-corrected chi connectivity index (χ2v) is 7.90. The molecule has 0 bridgehead atoms. The van der Waals surface area contributed by atoms with Gasteiger partial charge in [-0.1, -0.05) is 72.4 Å². The molecule has 4 aromatic rings. The van der Waals surface area contributed by atoms with Crippen molar-refractivity contribution in [3.8, 4) is 11.3 Å². The van der Waals surface area contributed by atoms with E-state index in [1.807, 2.05) is 66.7 Å². The smallest absolute Gasteiger partial charge is 0.267 e. The molecule has 0 N–H and O–H groups in total. The molecule has 0 saturated heterocycles. The maximum Gasteiger partial charge on any atom is 0.267 e. The van der Waals surface area contributed by atoms with Crippen LogP contribution in [0.3, 0.4) is 0 Å². The number of hydrogen-bond acceptors (Lipinski definition) is 4. The molecule has 0 unspecified atom stereocenters. The highest BCUT2D eigenvalue weighted by Crippen LogP contribution is 2.37. The number of fused-ring (bicyclic) bond motifs is 1. The van der Waals surface area contributed by atoms with Gasteiger partial charge in [0.1, 0.15) is 5.82 Å². The predicted octanol–water partition coefficient (Wildman–Crippen LogP) is 5.70. The number of amides is 2. The second kappa shape index (κ2) is 7.61. The number of carbonyl (C=O) groups excluding carboxylic acids is 2. The van der Waals surface area contributed by atoms with E-state index in [0.29, 0.717) is 16.9 Å². The first kappa shape index (κ1) is 18.3. The first-order valence-corrected chi connectivity index (χ1v) is 10.3. The molecular weight excluding hydrogens is 392 g/mol. The van der Waals surface area contributed by atoms with E-state index in [-0.39, 0.29) is 11.8 Å². The third kappa shape index (κ3) is 3.19. The predicted molar refractivity (Wildman–Crippen MR) is 118 cm³/mol. The second-order valence-electron chi connectivity index (χ2n) is 6.79. The van der Waals surface area contributed by atoms with Crippen molar-refractivity contribution in [1.82, 2.24) is 4.98 Å². The van der Waals surface area contributed by atoms with E-state index in [1.54, 1.807) is 42.1 Å². The minimum Gasteiger partial charge on any atom is -0.268 e. The lowest BCUT2D eigenvalue weighted by Crippen LogP contribution is -2.30. The number of carbonyl (C=O) groups is 2. The van der Waals surface area contributed by atoms with E-state index < -0.39 is 0 Å². The van der Waals surface area contributed by atoms with E-state index in [0.717, 1.165) is 25.9 Å². The molecule has 144 valence electrons. The Labute approximate surface area is 178 Å². The van der Waals surface area contributed by atoms with Crippen LogP contribution in [0.25, 0.3) is 11.3 Å². The number of pyridine rings is 1. The van der Waals surface area contributed by atoms with Gasteiger partial charge >= 0.3 is 0 Å². The minimum atomic E-state index is -0.342. The number of aromatic nitrogens is 1. The van der Waals surface area contributed by atoms with Crippen molar-refractivity contribution in [3.63, 3.8) is 0 Å². The Hall–Kier alpha value is -3.70. The van der Waals surface area contributed by atoms with Gasteiger partial charge in [-0.2, -0.15) is 0 Å². The van der Waals surface area contributed by atoms with Gasteiger partial charge in [0.15, 0.2) is 0 Å². The highest BCUT2D eigenvalue weighted by Gasteiger charge is 2.37. The summed E-state index contributed by atoms with van der Waals surface area (Å²) in [7, 11) is 0. The zero-order chi connectivity index (χ0) is 20.5. The largest absolute Gasteiger partial charge is 0.268 e. The average molecular weight is 408 g/mol. The molecule has 2 amide bonds. The van der Waals surface area contributed by atoms with Crippen LogP contribution >= 0.6 is 11.8 Å². The SMILES string of the molecule is O=C1c2ccccc2C(=O)N1c1ccc(Sc2ccccc2)c(-c2ccccc2)n1. The van der Waals surface area contributed by atoms with Crippen molar-refractivity contribution >= 4 is 29.4 Å². The van der Waals surface area contributed by atoms with E-state index in [2.05, 4.69) is 0 Å². The Morgan fingerprint density at radius 1 is 0.633 bits per heavy atom. The van der Waals surface area contributed by atoms with E-state index in [1.165, 1.54) is 0 Å². The summed E-state index contributed by atoms with van der Waals surface area (Å²) in [6.45, 7) is 0. The Balaban J connectivity index is 1.60. The van der Waals surface area contributed by atoms with E-state index >= 15 is 0 Å². The molecule has 4 nitrogen and oxygen atoms in total. The summed E-state index contributed by atoms with van der Waals surface area (Å²) in [4.78, 5) is 33.8. The molecule has 5 rings (SSSR count). The van der Waals surface area contributed by atoms with Crippen LogP contribution in [0.5, 0.6) is 0 Å². The summed E-state index contributed by atoms with van der Waals surface area (Å²) in [5, 5.41) is 0. The van der Waals surface area contributed by atoms with Gasteiger partial charge in [-0.25, -0.2) is 9.88 Å². The van der Waals surface area contributed by atoms with Crippen molar-refractivity contribution in [3.05, 3.63) is 108 Å². The van der Waals surface area contributed by atoms with Crippen LogP contribution in [0, 0.1) is 0 Å². The monoisotopic (exact) mass is 408 g/mol. The van der Waals surface area contributed by atoms with Gasteiger partial charge in [-0.3, -0.25) is 9.59 Å². The van der Waals surface area contributed by atoms with Crippen LogP contribution in [0.15, 0.2) is 107 Å². The zero-order valence-electron chi connectivity index (χ0n) is 15.9. The van der Waals surface area contributed by atoms with Crippen molar-refractivity contribution in [2.24, 2.45) is 0 Å². The molecule has 0 spiro atoms. The van der Waals surface area contributed by atoms with Crippen LogP contribution < -0.4 is 4.90 Å². The van der Waals surface area contributed by atoms with Crippen molar-refractivity contribution in [2.45, 2.75) is 9.79 Å². The number of imide groups is 1. The summed E-state index contributed by atoms with van der Waals surface area (Å²) in [5.41, 5.74) is 2.48. The van der Waals surface area contributed by atoms with Crippen LogP contribution in [-0.4, -0.2) is 16.8 Å². The summed E-state index contributed by atoms with van der Waals surface area (Å²) in [5.74, 6) is -0.353. The fourth-order valence-corrected chi connectivity index (χ4v) is 4.40. The lowest BCUT2D eigenvalue weighted by atomic mass is 10.1. The van der Waals surface area contributed by atoms with Crippen LogP contribution in [0.1, 0.15) is 20.7 Å². The van der Waals surface area contributed by atoms with Crippen molar-refractivity contribution < 1.29 is 9.59 Å². The Morgan fingerprint density at radius 2 is 1.20 bits per heavy atom. The maximum absolute atomic E-state index is 12.9. The van der Waals surface area contributed by atoms with Crippen molar-refractivity contribution in [1.29, 1.82) is 0 Å². The lowest BCUT2D eigenvalue weighted by molar-refractivity contribution is 0.0925. The molecular formula is C25H16N2O2S. The first-order chi connectivity index (χ1) is 14.7. The molecule has 30 heavy (non-hydrogen) atoms. The van der Waals surface area contributed by atoms with Gasteiger partial charge < -0.3 is 0 Å². The molecule has 2 heterocycles. The summed E-state index contributed by atoms with van der Waals surface area (Å²) in [6.07, 6.45) is 0. The maximum atomic E-state index is 12.9. The standard InChI is InChI=1S/C25H16N2O2S/c28-24-19-13-7-8-14-20(19)25(29)27(24)22-16-15-21(30-18-11-5-2-6-12-18)23(26-22)17-9-3-1-4-10-17/h1-16H. The van der Waals surface area contributed by atoms with Crippen LogP contribution in [-0.2, 0) is 0 Å². The summed E-state index contributed by atoms with van der Waals surface area (Å²) in [6, 6.07) is 30.4. The van der Waals surface area contributed by atoms with Gasteiger partial charge in [0.05, 0.1) is 16.8 Å². The van der Waals surface area contributed by atoms with Gasteiger partial charge in [0.25, 0.3) is 11.8 Å². The van der Waals surface area contributed by atoms with Crippen molar-refractivity contribution in [2.75, 3.05) is 4.90 Å². The van der Waals surface area contributed by atoms with E-state index in [9.17, 15) is 9.59 Å². The van der Waals surface area contributed by atoms with Gasteiger partial charge in [-0.15, -0.1) is 0 Å². The van der Waals surface area contributed by atoms with Crippen LogP contribution in [0.4, 0.5) is 5.82 Å². The Bertz CT molecular complexity index is 1220. The zero-order valence-corrected chi connectivity index (χ0v) is 16.7. The lowest BCUT2D eigenvalue weighted by Gasteiger charge is -2.16. The molecule has 0 radical (unpaired) electrons. The summed E-state index contributed by atoms with van der Waals surface area (Å²) >= 11 is 1.60. The third-order valence-electron chi connectivity index (χ3n) is 4.88. The molecule has 1 aromatic heterocycles. The molecule has 0 atom stereocenters. The molecule has 1 aliphatic rings. The average Bonchev–Trinajstić information content (AvgIpc) is 3.06. The number of anilines is 1.